The molecule has 8 heteroatoms. The minimum absolute atomic E-state index is 0.107. The van der Waals surface area contributed by atoms with Crippen LogP contribution in [-0.4, -0.2) is 47.0 Å². The number of benzene rings is 3. The molecular weight excluding hydrogens is 428 g/mol. The Bertz CT molecular complexity index is 1150. The summed E-state index contributed by atoms with van der Waals surface area (Å²) in [5.41, 5.74) is 1.20. The van der Waals surface area contributed by atoms with E-state index < -0.39 is 10.0 Å². The van der Waals surface area contributed by atoms with Gasteiger partial charge in [0.25, 0.3) is 10.0 Å². The van der Waals surface area contributed by atoms with Crippen molar-refractivity contribution in [3.63, 3.8) is 0 Å². The molecule has 3 aromatic rings. The van der Waals surface area contributed by atoms with Crippen molar-refractivity contribution in [3.05, 3.63) is 84.4 Å². The minimum atomic E-state index is -3.97. The molecule has 0 aliphatic rings. The van der Waals surface area contributed by atoms with Crippen molar-refractivity contribution in [1.82, 2.24) is 4.90 Å². The second-order valence-corrected chi connectivity index (χ2v) is 8.95. The number of likely N-dealkylation sites (N-methyl/N-ethyl adjacent to an activating group) is 1. The number of carbonyl (C=O) groups excluding carboxylic acids is 1. The van der Waals surface area contributed by atoms with Crippen LogP contribution in [0.4, 0.5) is 5.69 Å². The molecule has 0 saturated heterocycles. The highest BCUT2D eigenvalue weighted by Crippen LogP contribution is 2.26. The summed E-state index contributed by atoms with van der Waals surface area (Å²) in [5.74, 6) is 0.896. The molecule has 1 amide bonds. The molecule has 3 rings (SSSR count). The molecule has 0 bridgehead atoms. The lowest BCUT2D eigenvalue weighted by molar-refractivity contribution is -0.128. The summed E-state index contributed by atoms with van der Waals surface area (Å²) in [6.45, 7) is -0.0696. The first kappa shape index (κ1) is 23.1. The number of ether oxygens (including phenoxy) is 2. The number of hydrogen-bond donors (Lipinski definition) is 0. The maximum Gasteiger partial charge on any atom is 0.264 e. The first-order chi connectivity index (χ1) is 15.4. The molecule has 0 N–H and O–H groups in total. The molecule has 7 nitrogen and oxygen atoms in total. The van der Waals surface area contributed by atoms with Gasteiger partial charge < -0.3 is 14.4 Å². The van der Waals surface area contributed by atoms with E-state index in [1.54, 1.807) is 56.6 Å². The molecule has 0 radical (unpaired) electrons. The summed E-state index contributed by atoms with van der Waals surface area (Å²) in [6.07, 6.45) is 0. The first-order valence-electron chi connectivity index (χ1n) is 9.94. The molecule has 0 unspecified atom stereocenters. The van der Waals surface area contributed by atoms with Gasteiger partial charge in [0.1, 0.15) is 18.0 Å². The summed E-state index contributed by atoms with van der Waals surface area (Å²) < 4.78 is 38.5. The van der Waals surface area contributed by atoms with Gasteiger partial charge in [-0.25, -0.2) is 8.42 Å². The molecule has 0 aliphatic heterocycles. The summed E-state index contributed by atoms with van der Waals surface area (Å²) in [4.78, 5) is 14.7. The zero-order chi connectivity index (χ0) is 23.1. The van der Waals surface area contributed by atoms with Crippen LogP contribution >= 0.6 is 0 Å². The normalized spacial score (nSPS) is 11.0. The number of amides is 1. The van der Waals surface area contributed by atoms with Gasteiger partial charge in [-0.3, -0.25) is 9.10 Å². The number of rotatable bonds is 9. The van der Waals surface area contributed by atoms with Crippen LogP contribution in [0.3, 0.4) is 0 Å². The Balaban J connectivity index is 1.90. The molecule has 3 aromatic carbocycles. The fourth-order valence-electron chi connectivity index (χ4n) is 3.20. The molecule has 0 saturated carbocycles. The zero-order valence-corrected chi connectivity index (χ0v) is 19.1. The standard InChI is InChI=1S/C24H26N2O5S/c1-25(17-19-9-7-8-12-23(19)31-3)24(27)18-26(20-13-15-21(30-2)16-14-20)32(28,29)22-10-5-4-6-11-22/h4-16H,17-18H2,1-3H3. The van der Waals surface area contributed by atoms with Crippen molar-refractivity contribution in [2.75, 3.05) is 32.1 Å². The lowest BCUT2D eigenvalue weighted by Gasteiger charge is -2.27. The van der Waals surface area contributed by atoms with Crippen LogP contribution in [0.25, 0.3) is 0 Å². The summed E-state index contributed by atoms with van der Waals surface area (Å²) >= 11 is 0. The van der Waals surface area contributed by atoms with Crippen LogP contribution in [0.5, 0.6) is 11.5 Å². The fraction of sp³-hybridized carbons (Fsp3) is 0.208. The van der Waals surface area contributed by atoms with Gasteiger partial charge in [0.15, 0.2) is 0 Å². The van der Waals surface area contributed by atoms with Gasteiger partial charge in [-0.2, -0.15) is 0 Å². The molecule has 0 spiro atoms. The molecule has 168 valence electrons. The van der Waals surface area contributed by atoms with Crippen LogP contribution in [0.1, 0.15) is 5.56 Å². The van der Waals surface area contributed by atoms with E-state index in [2.05, 4.69) is 0 Å². The quantitative estimate of drug-likeness (QED) is 0.494. The lowest BCUT2D eigenvalue weighted by Crippen LogP contribution is -2.41. The Hall–Kier alpha value is -3.52. The van der Waals surface area contributed by atoms with Crippen LogP contribution in [0.2, 0.25) is 0 Å². The van der Waals surface area contributed by atoms with E-state index in [4.69, 9.17) is 9.47 Å². The Morgan fingerprint density at radius 2 is 1.47 bits per heavy atom. The van der Waals surface area contributed by atoms with E-state index in [-0.39, 0.29) is 23.9 Å². The van der Waals surface area contributed by atoms with E-state index in [0.29, 0.717) is 17.2 Å². The Labute approximate surface area is 188 Å². The number of carbonyl (C=O) groups is 1. The first-order valence-corrected chi connectivity index (χ1v) is 11.4. The Morgan fingerprint density at radius 1 is 0.844 bits per heavy atom. The van der Waals surface area contributed by atoms with Gasteiger partial charge in [0, 0.05) is 19.2 Å². The van der Waals surface area contributed by atoms with Crippen molar-refractivity contribution in [1.29, 1.82) is 0 Å². The molecule has 0 aromatic heterocycles. The van der Waals surface area contributed by atoms with Crippen molar-refractivity contribution in [2.24, 2.45) is 0 Å². The number of sulfonamides is 1. The van der Waals surface area contributed by atoms with Crippen molar-refractivity contribution >= 4 is 21.6 Å². The van der Waals surface area contributed by atoms with Crippen molar-refractivity contribution in [3.8, 4) is 11.5 Å². The maximum absolute atomic E-state index is 13.4. The molecule has 0 heterocycles. The smallest absolute Gasteiger partial charge is 0.264 e. The summed E-state index contributed by atoms with van der Waals surface area (Å²) in [7, 11) is 0.767. The average Bonchev–Trinajstić information content (AvgIpc) is 2.83. The van der Waals surface area contributed by atoms with Gasteiger partial charge in [0.2, 0.25) is 5.91 Å². The summed E-state index contributed by atoms with van der Waals surface area (Å²) in [6, 6.07) is 22.0. The number of hydrogen-bond acceptors (Lipinski definition) is 5. The highest BCUT2D eigenvalue weighted by atomic mass is 32.2. The van der Waals surface area contributed by atoms with Gasteiger partial charge in [-0.15, -0.1) is 0 Å². The van der Waals surface area contributed by atoms with E-state index in [1.165, 1.54) is 24.1 Å². The van der Waals surface area contributed by atoms with E-state index in [9.17, 15) is 13.2 Å². The van der Waals surface area contributed by atoms with Crippen LogP contribution in [0.15, 0.2) is 83.8 Å². The maximum atomic E-state index is 13.4. The third-order valence-corrected chi connectivity index (χ3v) is 6.78. The Morgan fingerprint density at radius 3 is 2.09 bits per heavy atom. The highest BCUT2D eigenvalue weighted by molar-refractivity contribution is 7.92. The molecule has 32 heavy (non-hydrogen) atoms. The predicted octanol–water partition coefficient (Wildman–Crippen LogP) is 3.56. The number of anilines is 1. The van der Waals surface area contributed by atoms with Crippen molar-refractivity contribution in [2.45, 2.75) is 11.4 Å². The second-order valence-electron chi connectivity index (χ2n) is 7.08. The third-order valence-electron chi connectivity index (χ3n) is 5.00. The Kier molecular flexibility index (Phi) is 7.37. The van der Waals surface area contributed by atoms with E-state index >= 15 is 0 Å². The van der Waals surface area contributed by atoms with Crippen LogP contribution < -0.4 is 13.8 Å². The SMILES string of the molecule is COc1ccc(N(CC(=O)N(C)Cc2ccccc2OC)S(=O)(=O)c2ccccc2)cc1. The van der Waals surface area contributed by atoms with Gasteiger partial charge in [0.05, 0.1) is 24.8 Å². The predicted molar refractivity (Wildman–Crippen MR) is 123 cm³/mol. The highest BCUT2D eigenvalue weighted by Gasteiger charge is 2.28. The fourth-order valence-corrected chi connectivity index (χ4v) is 4.64. The number of methoxy groups -OCH3 is 2. The number of para-hydroxylation sites is 1. The van der Waals surface area contributed by atoms with E-state index in [0.717, 1.165) is 9.87 Å². The minimum Gasteiger partial charge on any atom is -0.497 e. The van der Waals surface area contributed by atoms with Crippen LogP contribution in [-0.2, 0) is 21.4 Å². The second kappa shape index (κ2) is 10.2. The van der Waals surface area contributed by atoms with Gasteiger partial charge in [-0.05, 0) is 42.5 Å². The van der Waals surface area contributed by atoms with Crippen LogP contribution in [0, 0.1) is 0 Å². The van der Waals surface area contributed by atoms with Gasteiger partial charge in [-0.1, -0.05) is 36.4 Å². The van der Waals surface area contributed by atoms with E-state index in [1.807, 2.05) is 24.3 Å². The zero-order valence-electron chi connectivity index (χ0n) is 18.3. The number of nitrogens with zero attached hydrogens (tertiary/aromatic N) is 2. The molecular formula is C24H26N2O5S. The lowest BCUT2D eigenvalue weighted by atomic mass is 10.2. The molecule has 0 aliphatic carbocycles. The summed E-state index contributed by atoms with van der Waals surface area (Å²) in [5, 5.41) is 0. The third kappa shape index (κ3) is 5.20. The topological polar surface area (TPSA) is 76.2 Å². The average molecular weight is 455 g/mol. The monoisotopic (exact) mass is 454 g/mol. The van der Waals surface area contributed by atoms with Crippen molar-refractivity contribution < 1.29 is 22.7 Å². The molecule has 0 fully saturated rings. The van der Waals surface area contributed by atoms with Gasteiger partial charge >= 0.3 is 0 Å². The largest absolute Gasteiger partial charge is 0.497 e. The molecule has 0 atom stereocenters.